The highest BCUT2D eigenvalue weighted by molar-refractivity contribution is 5.89. The van der Waals surface area contributed by atoms with E-state index < -0.39 is 0 Å². The molecule has 4 heteroatoms. The third kappa shape index (κ3) is 3.50. The van der Waals surface area contributed by atoms with E-state index in [4.69, 9.17) is 5.73 Å². The molecule has 0 aromatic heterocycles. The fourth-order valence-electron chi connectivity index (χ4n) is 1.22. The van der Waals surface area contributed by atoms with Crippen molar-refractivity contribution in [2.75, 3.05) is 24.6 Å². The number of hydrogen-bond acceptors (Lipinski definition) is 2. The Labute approximate surface area is 90.1 Å². The molecule has 0 atom stereocenters. The molecule has 0 bridgehead atoms. The maximum atomic E-state index is 11.6. The zero-order chi connectivity index (χ0) is 11.3. The third-order valence-electron chi connectivity index (χ3n) is 2.07. The first-order valence-electron chi connectivity index (χ1n) is 5.01. The van der Waals surface area contributed by atoms with Crippen LogP contribution in [0.4, 0.5) is 16.2 Å². The Hall–Kier alpha value is -1.71. The van der Waals surface area contributed by atoms with Gasteiger partial charge in [0, 0.05) is 25.0 Å². The zero-order valence-corrected chi connectivity index (χ0v) is 9.16. The number of urea groups is 1. The van der Waals surface area contributed by atoms with Crippen LogP contribution in [0, 0.1) is 0 Å². The molecule has 1 aromatic rings. The van der Waals surface area contributed by atoms with Gasteiger partial charge in [-0.05, 0) is 30.7 Å². The van der Waals surface area contributed by atoms with Crippen molar-refractivity contribution in [2.45, 2.75) is 13.3 Å². The monoisotopic (exact) mass is 207 g/mol. The van der Waals surface area contributed by atoms with Crippen molar-refractivity contribution in [3.05, 3.63) is 24.3 Å². The van der Waals surface area contributed by atoms with Crippen LogP contribution in [0.25, 0.3) is 0 Å². The zero-order valence-electron chi connectivity index (χ0n) is 9.16. The van der Waals surface area contributed by atoms with Gasteiger partial charge in [-0.3, -0.25) is 0 Å². The summed E-state index contributed by atoms with van der Waals surface area (Å²) in [6.45, 7) is 2.79. The van der Waals surface area contributed by atoms with Crippen LogP contribution in [-0.4, -0.2) is 24.5 Å². The molecule has 0 heterocycles. The Morgan fingerprint density at radius 2 is 2.00 bits per heavy atom. The summed E-state index contributed by atoms with van der Waals surface area (Å²) in [4.78, 5) is 13.2. The summed E-state index contributed by atoms with van der Waals surface area (Å²) in [5, 5.41) is 2.79. The van der Waals surface area contributed by atoms with E-state index in [1.165, 1.54) is 0 Å². The largest absolute Gasteiger partial charge is 0.399 e. The number of carbonyl (C=O) groups excluding carboxylic acids is 1. The quantitative estimate of drug-likeness (QED) is 0.746. The molecule has 0 spiro atoms. The van der Waals surface area contributed by atoms with Crippen LogP contribution in [0.3, 0.4) is 0 Å². The van der Waals surface area contributed by atoms with Crippen molar-refractivity contribution < 1.29 is 4.79 Å². The SMILES string of the molecule is CCCN(C)C(=O)Nc1ccc(N)cc1. The first-order valence-corrected chi connectivity index (χ1v) is 5.01. The van der Waals surface area contributed by atoms with Gasteiger partial charge >= 0.3 is 6.03 Å². The van der Waals surface area contributed by atoms with Gasteiger partial charge in [0.2, 0.25) is 0 Å². The Balaban J connectivity index is 2.54. The Morgan fingerprint density at radius 3 is 2.53 bits per heavy atom. The van der Waals surface area contributed by atoms with Gasteiger partial charge in [-0.1, -0.05) is 6.92 Å². The van der Waals surface area contributed by atoms with E-state index in [0.717, 1.165) is 18.7 Å². The first kappa shape index (κ1) is 11.4. The summed E-state index contributed by atoms with van der Waals surface area (Å²) in [6, 6.07) is 6.99. The fraction of sp³-hybridized carbons (Fsp3) is 0.364. The molecule has 0 unspecified atom stereocenters. The summed E-state index contributed by atoms with van der Waals surface area (Å²) in [5.41, 5.74) is 6.99. The van der Waals surface area contributed by atoms with Gasteiger partial charge in [-0.2, -0.15) is 0 Å². The normalized spacial score (nSPS) is 9.73. The van der Waals surface area contributed by atoms with Crippen molar-refractivity contribution >= 4 is 17.4 Å². The summed E-state index contributed by atoms with van der Waals surface area (Å²) in [5.74, 6) is 0. The maximum absolute atomic E-state index is 11.6. The van der Waals surface area contributed by atoms with Gasteiger partial charge in [0.25, 0.3) is 0 Å². The van der Waals surface area contributed by atoms with Crippen LogP contribution in [0.15, 0.2) is 24.3 Å². The van der Waals surface area contributed by atoms with Crippen molar-refractivity contribution in [3.8, 4) is 0 Å². The lowest BCUT2D eigenvalue weighted by molar-refractivity contribution is 0.222. The van der Waals surface area contributed by atoms with Crippen LogP contribution in [0.1, 0.15) is 13.3 Å². The lowest BCUT2D eigenvalue weighted by Gasteiger charge is -2.16. The second-order valence-electron chi connectivity index (χ2n) is 3.47. The molecule has 0 fully saturated rings. The van der Waals surface area contributed by atoms with E-state index in [0.29, 0.717) is 5.69 Å². The van der Waals surface area contributed by atoms with E-state index >= 15 is 0 Å². The van der Waals surface area contributed by atoms with E-state index in [1.807, 2.05) is 6.92 Å². The summed E-state index contributed by atoms with van der Waals surface area (Å²) < 4.78 is 0. The Bertz CT molecular complexity index is 321. The molecule has 0 saturated heterocycles. The highest BCUT2D eigenvalue weighted by Crippen LogP contribution is 2.10. The van der Waals surface area contributed by atoms with Crippen LogP contribution in [-0.2, 0) is 0 Å². The van der Waals surface area contributed by atoms with Gasteiger partial charge in [-0.15, -0.1) is 0 Å². The molecule has 15 heavy (non-hydrogen) atoms. The molecule has 2 amide bonds. The molecule has 4 nitrogen and oxygen atoms in total. The number of nitrogen functional groups attached to an aromatic ring is 1. The lowest BCUT2D eigenvalue weighted by Crippen LogP contribution is -2.31. The predicted octanol–water partition coefficient (Wildman–Crippen LogP) is 2.14. The lowest BCUT2D eigenvalue weighted by atomic mass is 10.3. The van der Waals surface area contributed by atoms with Crippen molar-refractivity contribution in [1.29, 1.82) is 0 Å². The molecule has 0 aliphatic carbocycles. The minimum absolute atomic E-state index is 0.0957. The number of rotatable bonds is 3. The van der Waals surface area contributed by atoms with Crippen LogP contribution in [0.5, 0.6) is 0 Å². The highest BCUT2D eigenvalue weighted by Gasteiger charge is 2.06. The van der Waals surface area contributed by atoms with Gasteiger partial charge in [0.05, 0.1) is 0 Å². The van der Waals surface area contributed by atoms with Gasteiger partial charge in [0.1, 0.15) is 0 Å². The minimum atomic E-state index is -0.0957. The average molecular weight is 207 g/mol. The second kappa shape index (κ2) is 5.24. The molecule has 82 valence electrons. The number of anilines is 2. The molecule has 1 aromatic carbocycles. The Morgan fingerprint density at radius 1 is 1.40 bits per heavy atom. The van der Waals surface area contributed by atoms with E-state index in [2.05, 4.69) is 5.32 Å². The van der Waals surface area contributed by atoms with E-state index in [9.17, 15) is 4.79 Å². The summed E-state index contributed by atoms with van der Waals surface area (Å²) in [6.07, 6.45) is 0.950. The van der Waals surface area contributed by atoms with Crippen LogP contribution in [0.2, 0.25) is 0 Å². The third-order valence-corrected chi connectivity index (χ3v) is 2.07. The molecule has 0 aliphatic heterocycles. The Kier molecular flexibility index (Phi) is 3.97. The van der Waals surface area contributed by atoms with Crippen molar-refractivity contribution in [3.63, 3.8) is 0 Å². The number of nitrogens with two attached hydrogens (primary N) is 1. The number of nitrogens with one attached hydrogen (secondary N) is 1. The number of hydrogen-bond donors (Lipinski definition) is 2. The minimum Gasteiger partial charge on any atom is -0.399 e. The smallest absolute Gasteiger partial charge is 0.321 e. The standard InChI is InChI=1S/C11H17N3O/c1-3-8-14(2)11(15)13-10-6-4-9(12)5-7-10/h4-7H,3,8,12H2,1-2H3,(H,13,15). The summed E-state index contributed by atoms with van der Waals surface area (Å²) >= 11 is 0. The van der Waals surface area contributed by atoms with E-state index in [-0.39, 0.29) is 6.03 Å². The van der Waals surface area contributed by atoms with Crippen LogP contribution < -0.4 is 11.1 Å². The molecule has 0 radical (unpaired) electrons. The molecule has 0 aliphatic rings. The molecular formula is C11H17N3O. The fourth-order valence-corrected chi connectivity index (χ4v) is 1.22. The molecule has 1 rings (SSSR count). The average Bonchev–Trinajstić information content (AvgIpc) is 2.22. The van der Waals surface area contributed by atoms with Gasteiger partial charge < -0.3 is 16.0 Å². The van der Waals surface area contributed by atoms with Gasteiger partial charge in [0.15, 0.2) is 0 Å². The predicted molar refractivity (Wildman–Crippen MR) is 62.8 cm³/mol. The molecule has 0 saturated carbocycles. The molecular weight excluding hydrogens is 190 g/mol. The van der Waals surface area contributed by atoms with Gasteiger partial charge in [-0.25, -0.2) is 4.79 Å². The first-order chi connectivity index (χ1) is 7.13. The second-order valence-corrected chi connectivity index (χ2v) is 3.47. The topological polar surface area (TPSA) is 58.4 Å². The van der Waals surface area contributed by atoms with E-state index in [1.54, 1.807) is 36.2 Å². The van der Waals surface area contributed by atoms with Crippen LogP contribution >= 0.6 is 0 Å². The summed E-state index contributed by atoms with van der Waals surface area (Å²) in [7, 11) is 1.77. The maximum Gasteiger partial charge on any atom is 0.321 e. The number of amides is 2. The number of carbonyl (C=O) groups is 1. The highest BCUT2D eigenvalue weighted by atomic mass is 16.2. The number of benzene rings is 1. The number of nitrogens with zero attached hydrogens (tertiary/aromatic N) is 1. The molecule has 3 N–H and O–H groups in total. The van der Waals surface area contributed by atoms with Crippen molar-refractivity contribution in [1.82, 2.24) is 4.90 Å². The van der Waals surface area contributed by atoms with Crippen molar-refractivity contribution in [2.24, 2.45) is 0 Å².